The number of nitrogens with zero attached hydrogens (tertiary/aromatic N) is 4. The van der Waals surface area contributed by atoms with Crippen molar-refractivity contribution < 1.29 is 0 Å². The molecule has 0 atom stereocenters. The van der Waals surface area contributed by atoms with Crippen LogP contribution in [0.25, 0.3) is 0 Å². The van der Waals surface area contributed by atoms with Gasteiger partial charge >= 0.3 is 0 Å². The molecule has 5 nitrogen and oxygen atoms in total. The van der Waals surface area contributed by atoms with Crippen LogP contribution in [-0.4, -0.2) is 26.2 Å². The maximum atomic E-state index is 4.16. The van der Waals surface area contributed by atoms with Gasteiger partial charge in [-0.1, -0.05) is 29.8 Å². The van der Waals surface area contributed by atoms with E-state index in [0.29, 0.717) is 18.5 Å². The topological polar surface area (TPSA) is 55.6 Å². The summed E-state index contributed by atoms with van der Waals surface area (Å²) in [5, 5.41) is 15.4. The summed E-state index contributed by atoms with van der Waals surface area (Å²) in [6, 6.07) is 9.47. The Hall–Kier alpha value is -1.75. The highest BCUT2D eigenvalue weighted by Gasteiger charge is 2.29. The molecule has 0 saturated heterocycles. The Labute approximate surface area is 113 Å². The summed E-state index contributed by atoms with van der Waals surface area (Å²) in [7, 11) is 1.78. The monoisotopic (exact) mass is 257 g/mol. The van der Waals surface area contributed by atoms with Crippen molar-refractivity contribution in [2.45, 2.75) is 38.3 Å². The number of aryl methyl sites for hydroxylation is 2. The van der Waals surface area contributed by atoms with E-state index >= 15 is 0 Å². The molecule has 0 unspecified atom stereocenters. The number of hydrogen-bond donors (Lipinski definition) is 1. The van der Waals surface area contributed by atoms with Gasteiger partial charge in [0.2, 0.25) is 0 Å². The molecule has 5 heteroatoms. The maximum absolute atomic E-state index is 4.16. The zero-order chi connectivity index (χ0) is 13.2. The molecule has 1 fully saturated rings. The molecule has 3 rings (SSSR count). The molecular formula is C14H19N5. The van der Waals surface area contributed by atoms with Gasteiger partial charge in [-0.05, 0) is 36.5 Å². The molecule has 0 spiro atoms. The number of rotatable bonds is 4. The van der Waals surface area contributed by atoms with Gasteiger partial charge in [-0.25, -0.2) is 0 Å². The van der Waals surface area contributed by atoms with Crippen molar-refractivity contribution in [3.63, 3.8) is 0 Å². The van der Waals surface area contributed by atoms with E-state index in [0.717, 1.165) is 5.82 Å². The van der Waals surface area contributed by atoms with E-state index in [1.807, 2.05) is 0 Å². The van der Waals surface area contributed by atoms with Crippen LogP contribution in [0.15, 0.2) is 24.3 Å². The molecule has 2 aromatic rings. The Balaban J connectivity index is 1.46. The van der Waals surface area contributed by atoms with Crippen molar-refractivity contribution in [2.75, 3.05) is 0 Å². The van der Waals surface area contributed by atoms with Gasteiger partial charge < -0.3 is 5.32 Å². The van der Waals surface area contributed by atoms with Gasteiger partial charge in [0.25, 0.3) is 0 Å². The molecule has 1 heterocycles. The Kier molecular flexibility index (Phi) is 3.29. The van der Waals surface area contributed by atoms with E-state index in [2.05, 4.69) is 51.9 Å². The lowest BCUT2D eigenvalue weighted by Gasteiger charge is -2.36. The van der Waals surface area contributed by atoms with Crippen LogP contribution in [0.5, 0.6) is 0 Å². The molecule has 0 radical (unpaired) electrons. The Morgan fingerprint density at radius 1 is 1.26 bits per heavy atom. The fraction of sp³-hybridized carbons (Fsp3) is 0.500. The second-order valence-corrected chi connectivity index (χ2v) is 5.35. The number of aromatic nitrogens is 4. The van der Waals surface area contributed by atoms with E-state index in [1.165, 1.54) is 28.8 Å². The smallest absolute Gasteiger partial charge is 0.188 e. The van der Waals surface area contributed by atoms with Crippen LogP contribution in [0, 0.1) is 6.92 Å². The highest BCUT2D eigenvalue weighted by atomic mass is 15.6. The third-order valence-electron chi connectivity index (χ3n) is 3.79. The molecule has 1 aliphatic rings. The summed E-state index contributed by atoms with van der Waals surface area (Å²) >= 11 is 0. The minimum absolute atomic E-state index is 0.579. The van der Waals surface area contributed by atoms with Crippen LogP contribution in [0.4, 0.5) is 0 Å². The first kappa shape index (κ1) is 12.3. The molecule has 1 saturated carbocycles. The first-order chi connectivity index (χ1) is 9.20. The zero-order valence-electron chi connectivity index (χ0n) is 11.4. The van der Waals surface area contributed by atoms with Gasteiger partial charge in [0.1, 0.15) is 0 Å². The van der Waals surface area contributed by atoms with E-state index in [-0.39, 0.29) is 0 Å². The third-order valence-corrected chi connectivity index (χ3v) is 3.79. The summed E-state index contributed by atoms with van der Waals surface area (Å²) in [5.41, 5.74) is 2.78. The normalized spacial score (nSPS) is 22.2. The third kappa shape index (κ3) is 2.81. The lowest BCUT2D eigenvalue weighted by atomic mass is 9.76. The van der Waals surface area contributed by atoms with Crippen LogP contribution in [-0.2, 0) is 13.6 Å². The minimum atomic E-state index is 0.579. The molecule has 0 amide bonds. The van der Waals surface area contributed by atoms with Crippen LogP contribution >= 0.6 is 0 Å². The fourth-order valence-corrected chi connectivity index (χ4v) is 2.53. The Morgan fingerprint density at radius 2 is 2.00 bits per heavy atom. The molecule has 1 N–H and O–H groups in total. The molecule has 100 valence electrons. The predicted molar refractivity (Wildman–Crippen MR) is 72.6 cm³/mol. The van der Waals surface area contributed by atoms with Gasteiger partial charge in [-0.3, -0.25) is 0 Å². The molecular weight excluding hydrogens is 238 g/mol. The number of hydrogen-bond acceptors (Lipinski definition) is 4. The second-order valence-electron chi connectivity index (χ2n) is 5.35. The van der Waals surface area contributed by atoms with Crippen LogP contribution < -0.4 is 5.32 Å². The summed E-state index contributed by atoms with van der Waals surface area (Å²) in [5.74, 6) is 1.47. The minimum Gasteiger partial charge on any atom is -0.307 e. The van der Waals surface area contributed by atoms with Crippen molar-refractivity contribution in [1.82, 2.24) is 25.5 Å². The summed E-state index contributed by atoms with van der Waals surface area (Å²) in [6.45, 7) is 2.84. The largest absolute Gasteiger partial charge is 0.307 e. The maximum Gasteiger partial charge on any atom is 0.188 e. The molecule has 1 aliphatic carbocycles. The second kappa shape index (κ2) is 5.09. The van der Waals surface area contributed by atoms with E-state index < -0.39 is 0 Å². The molecule has 1 aromatic carbocycles. The van der Waals surface area contributed by atoms with Crippen molar-refractivity contribution in [1.29, 1.82) is 0 Å². The highest BCUT2D eigenvalue weighted by molar-refractivity contribution is 5.26. The summed E-state index contributed by atoms with van der Waals surface area (Å²) in [6.07, 6.45) is 2.40. The predicted octanol–water partition coefficient (Wildman–Crippen LogP) is 1.55. The first-order valence-corrected chi connectivity index (χ1v) is 6.73. The first-order valence-electron chi connectivity index (χ1n) is 6.73. The van der Waals surface area contributed by atoms with Crippen LogP contribution in [0.3, 0.4) is 0 Å². The summed E-state index contributed by atoms with van der Waals surface area (Å²) < 4.78 is 0. The van der Waals surface area contributed by atoms with Crippen LogP contribution in [0.2, 0.25) is 0 Å². The van der Waals surface area contributed by atoms with Crippen molar-refractivity contribution in [2.24, 2.45) is 7.05 Å². The molecule has 0 aliphatic heterocycles. The Morgan fingerprint density at radius 3 is 2.63 bits per heavy atom. The van der Waals surface area contributed by atoms with Crippen molar-refractivity contribution in [3.05, 3.63) is 41.2 Å². The van der Waals surface area contributed by atoms with E-state index in [1.54, 1.807) is 7.05 Å². The zero-order valence-corrected chi connectivity index (χ0v) is 11.4. The van der Waals surface area contributed by atoms with Crippen LogP contribution in [0.1, 0.15) is 35.7 Å². The SMILES string of the molecule is Cc1ccc(C2CC(NCc3nnn(C)n3)C2)cc1. The number of benzene rings is 1. The number of nitrogens with one attached hydrogen (secondary N) is 1. The van der Waals surface area contributed by atoms with Gasteiger partial charge in [0.15, 0.2) is 5.82 Å². The van der Waals surface area contributed by atoms with Crippen molar-refractivity contribution >= 4 is 0 Å². The average molecular weight is 257 g/mol. The Bertz CT molecular complexity index is 539. The molecule has 1 aromatic heterocycles. The van der Waals surface area contributed by atoms with Gasteiger partial charge in [-0.2, -0.15) is 4.80 Å². The quantitative estimate of drug-likeness (QED) is 0.903. The van der Waals surface area contributed by atoms with Gasteiger partial charge in [-0.15, -0.1) is 10.2 Å². The highest BCUT2D eigenvalue weighted by Crippen LogP contribution is 2.36. The fourth-order valence-electron chi connectivity index (χ4n) is 2.53. The molecule has 19 heavy (non-hydrogen) atoms. The molecule has 0 bridgehead atoms. The van der Waals surface area contributed by atoms with E-state index in [4.69, 9.17) is 0 Å². The lowest BCUT2D eigenvalue weighted by Crippen LogP contribution is -2.39. The average Bonchev–Trinajstić information content (AvgIpc) is 2.75. The number of tetrazole rings is 1. The standard InChI is InChI=1S/C14H19N5/c1-10-3-5-11(6-4-10)12-7-13(8-12)15-9-14-16-18-19(2)17-14/h3-6,12-13,15H,7-9H2,1-2H3. The lowest BCUT2D eigenvalue weighted by molar-refractivity contribution is 0.287. The van der Waals surface area contributed by atoms with Gasteiger partial charge in [0, 0.05) is 6.04 Å². The van der Waals surface area contributed by atoms with Gasteiger partial charge in [0.05, 0.1) is 13.6 Å². The van der Waals surface area contributed by atoms with Crippen molar-refractivity contribution in [3.8, 4) is 0 Å². The van der Waals surface area contributed by atoms with E-state index in [9.17, 15) is 0 Å². The summed E-state index contributed by atoms with van der Waals surface area (Å²) in [4.78, 5) is 1.49.